The highest BCUT2D eigenvalue weighted by Gasteiger charge is 2.51. The van der Waals surface area contributed by atoms with Crippen molar-refractivity contribution in [2.24, 2.45) is 5.41 Å². The third-order valence-electron chi connectivity index (χ3n) is 5.29. The molecule has 1 spiro atoms. The smallest absolute Gasteiger partial charge is 0.260 e. The van der Waals surface area contributed by atoms with Gasteiger partial charge in [0.25, 0.3) is 10.0 Å². The van der Waals surface area contributed by atoms with Crippen molar-refractivity contribution in [3.05, 3.63) is 12.3 Å². The molecule has 0 radical (unpaired) electrons. The molecule has 1 atom stereocenters. The average Bonchev–Trinajstić information content (AvgIpc) is 3.18. The predicted octanol–water partition coefficient (Wildman–Crippen LogP) is 1.31. The summed E-state index contributed by atoms with van der Waals surface area (Å²) in [6.07, 6.45) is 3.82. The Morgan fingerprint density at radius 2 is 2.04 bits per heavy atom. The lowest BCUT2D eigenvalue weighted by molar-refractivity contribution is -0.147. The zero-order valence-corrected chi connectivity index (χ0v) is 15.4. The van der Waals surface area contributed by atoms with Crippen LogP contribution in [0.1, 0.15) is 40.0 Å². The molecule has 1 aromatic heterocycles. The van der Waals surface area contributed by atoms with Crippen LogP contribution in [0, 0.1) is 5.41 Å². The van der Waals surface area contributed by atoms with Gasteiger partial charge in [0, 0.05) is 32.2 Å². The molecule has 8 heteroatoms. The van der Waals surface area contributed by atoms with E-state index in [0.717, 1.165) is 19.4 Å². The highest BCUT2D eigenvalue weighted by molar-refractivity contribution is 7.89. The zero-order valence-electron chi connectivity index (χ0n) is 14.6. The molecule has 0 N–H and O–H groups in total. The molecule has 7 nitrogen and oxygen atoms in total. The van der Waals surface area contributed by atoms with Crippen LogP contribution in [-0.2, 0) is 21.4 Å². The van der Waals surface area contributed by atoms with Gasteiger partial charge in [-0.05, 0) is 46.1 Å². The first-order valence-electron chi connectivity index (χ1n) is 8.65. The number of hydrogen-bond donors (Lipinski definition) is 0. The molecule has 0 aliphatic carbocycles. The quantitative estimate of drug-likeness (QED) is 0.817. The molecule has 1 unspecified atom stereocenters. The van der Waals surface area contributed by atoms with Gasteiger partial charge >= 0.3 is 0 Å². The van der Waals surface area contributed by atoms with Crippen molar-refractivity contribution in [1.82, 2.24) is 19.0 Å². The molecule has 1 aromatic rings. The molecule has 2 fully saturated rings. The van der Waals surface area contributed by atoms with Gasteiger partial charge in [0.15, 0.2) is 5.03 Å². The molecular weight excluding hydrogens is 328 g/mol. The Bertz CT molecular complexity index is 727. The van der Waals surface area contributed by atoms with Gasteiger partial charge in [0.05, 0.1) is 11.6 Å². The van der Waals surface area contributed by atoms with E-state index in [-0.39, 0.29) is 23.5 Å². The molecule has 2 saturated heterocycles. The minimum atomic E-state index is -3.61. The molecule has 0 bridgehead atoms. The third-order valence-corrected chi connectivity index (χ3v) is 7.16. The van der Waals surface area contributed by atoms with E-state index in [2.05, 4.69) is 5.10 Å². The van der Waals surface area contributed by atoms with Gasteiger partial charge in [0.2, 0.25) is 5.91 Å². The Morgan fingerprint density at radius 1 is 1.29 bits per heavy atom. The average molecular weight is 354 g/mol. The number of aromatic nitrogens is 2. The van der Waals surface area contributed by atoms with Crippen molar-refractivity contribution in [2.45, 2.75) is 57.6 Å². The summed E-state index contributed by atoms with van der Waals surface area (Å²) in [4.78, 5) is 14.9. The Kier molecular flexibility index (Phi) is 4.46. The predicted molar refractivity (Wildman–Crippen MR) is 89.8 cm³/mol. The van der Waals surface area contributed by atoms with Crippen LogP contribution in [0.3, 0.4) is 0 Å². The lowest BCUT2D eigenvalue weighted by Crippen LogP contribution is -2.52. The monoisotopic (exact) mass is 354 g/mol. The number of carbonyl (C=O) groups excluding carboxylic acids is 1. The minimum absolute atomic E-state index is 0.116. The van der Waals surface area contributed by atoms with Crippen LogP contribution in [0.5, 0.6) is 0 Å². The fourth-order valence-corrected chi connectivity index (χ4v) is 5.61. The largest absolute Gasteiger partial charge is 0.340 e. The second-order valence-corrected chi connectivity index (χ2v) is 8.93. The van der Waals surface area contributed by atoms with E-state index >= 15 is 0 Å². The maximum atomic E-state index is 13.0. The zero-order chi connectivity index (χ0) is 17.5. The molecule has 0 aromatic carbocycles. The summed E-state index contributed by atoms with van der Waals surface area (Å²) in [7, 11) is -3.61. The number of hydrogen-bond acceptors (Lipinski definition) is 4. The number of rotatable bonds is 4. The number of sulfonamides is 1. The molecule has 3 rings (SSSR count). The maximum absolute atomic E-state index is 13.0. The number of piperidine rings is 1. The fourth-order valence-electron chi connectivity index (χ4n) is 3.92. The lowest BCUT2D eigenvalue weighted by atomic mass is 9.78. The van der Waals surface area contributed by atoms with Crippen LogP contribution < -0.4 is 0 Å². The van der Waals surface area contributed by atoms with Crippen LogP contribution in [0.15, 0.2) is 17.3 Å². The van der Waals surface area contributed by atoms with Gasteiger partial charge in [-0.15, -0.1) is 0 Å². The van der Waals surface area contributed by atoms with Crippen molar-refractivity contribution in [1.29, 1.82) is 0 Å². The first-order valence-corrected chi connectivity index (χ1v) is 10.1. The van der Waals surface area contributed by atoms with E-state index < -0.39 is 15.4 Å². The Hall–Kier alpha value is -1.41. The first-order chi connectivity index (χ1) is 11.3. The summed E-state index contributed by atoms with van der Waals surface area (Å²) < 4.78 is 28.9. The van der Waals surface area contributed by atoms with E-state index in [1.165, 1.54) is 21.3 Å². The van der Waals surface area contributed by atoms with Crippen LogP contribution in [0.25, 0.3) is 0 Å². The van der Waals surface area contributed by atoms with Crippen molar-refractivity contribution >= 4 is 15.9 Å². The van der Waals surface area contributed by atoms with Crippen LogP contribution in [0.2, 0.25) is 0 Å². The molecule has 3 heterocycles. The highest BCUT2D eigenvalue weighted by Crippen LogP contribution is 2.42. The van der Waals surface area contributed by atoms with E-state index in [9.17, 15) is 13.2 Å². The van der Waals surface area contributed by atoms with Crippen LogP contribution in [-0.4, -0.2) is 59.0 Å². The summed E-state index contributed by atoms with van der Waals surface area (Å²) in [5, 5.41) is 4.28. The SMILES string of the molecule is CCn1nccc1S(=O)(=O)N1CCC2(CCCN(C(C)C)C2=O)C1. The normalized spacial score (nSPS) is 26.0. The number of aryl methyl sites for hydroxylation is 1. The standard InChI is InChI=1S/C16H26N4O3S/c1-4-20-14(6-9-17-20)24(22,23)18-11-8-16(12-18)7-5-10-19(13(2)3)15(16)21/h6,9,13H,4-5,7-8,10-12H2,1-3H3. The molecule has 24 heavy (non-hydrogen) atoms. The van der Waals surface area contributed by atoms with Gasteiger partial charge in [-0.1, -0.05) is 0 Å². The number of amides is 1. The molecule has 134 valence electrons. The molecule has 2 aliphatic rings. The Morgan fingerprint density at radius 3 is 2.71 bits per heavy atom. The van der Waals surface area contributed by atoms with Crippen LogP contribution >= 0.6 is 0 Å². The van der Waals surface area contributed by atoms with E-state index in [1.54, 1.807) is 0 Å². The second-order valence-electron chi connectivity index (χ2n) is 7.05. The summed E-state index contributed by atoms with van der Waals surface area (Å²) in [5.41, 5.74) is -0.549. The van der Waals surface area contributed by atoms with E-state index in [4.69, 9.17) is 0 Å². The highest BCUT2D eigenvalue weighted by atomic mass is 32.2. The van der Waals surface area contributed by atoms with Gasteiger partial charge in [-0.3, -0.25) is 9.48 Å². The summed E-state index contributed by atoms with van der Waals surface area (Å²) >= 11 is 0. The molecule has 1 amide bonds. The second kappa shape index (κ2) is 6.15. The van der Waals surface area contributed by atoms with Crippen molar-refractivity contribution in [3.8, 4) is 0 Å². The molecular formula is C16H26N4O3S. The van der Waals surface area contributed by atoms with E-state index in [1.807, 2.05) is 25.7 Å². The van der Waals surface area contributed by atoms with Gasteiger partial charge < -0.3 is 4.90 Å². The number of carbonyl (C=O) groups is 1. The molecule has 2 aliphatic heterocycles. The topological polar surface area (TPSA) is 75.5 Å². The van der Waals surface area contributed by atoms with Crippen molar-refractivity contribution in [2.75, 3.05) is 19.6 Å². The van der Waals surface area contributed by atoms with Gasteiger partial charge in [-0.2, -0.15) is 9.40 Å². The van der Waals surface area contributed by atoms with E-state index in [0.29, 0.717) is 19.5 Å². The first kappa shape index (κ1) is 17.4. The van der Waals surface area contributed by atoms with Crippen molar-refractivity contribution in [3.63, 3.8) is 0 Å². The Balaban J connectivity index is 1.86. The number of likely N-dealkylation sites (tertiary alicyclic amines) is 1. The van der Waals surface area contributed by atoms with Crippen molar-refractivity contribution < 1.29 is 13.2 Å². The maximum Gasteiger partial charge on any atom is 0.260 e. The van der Waals surface area contributed by atoms with Gasteiger partial charge in [-0.25, -0.2) is 8.42 Å². The fraction of sp³-hybridized carbons (Fsp3) is 0.750. The summed E-state index contributed by atoms with van der Waals surface area (Å²) in [6.45, 7) is 7.85. The Labute approximate surface area is 143 Å². The third kappa shape index (κ3) is 2.65. The number of nitrogens with zero attached hydrogens (tertiary/aromatic N) is 4. The lowest BCUT2D eigenvalue weighted by Gasteiger charge is -2.41. The summed E-state index contributed by atoms with van der Waals surface area (Å²) in [5.74, 6) is 0.116. The van der Waals surface area contributed by atoms with Gasteiger partial charge in [0.1, 0.15) is 0 Å². The summed E-state index contributed by atoms with van der Waals surface area (Å²) in [6, 6.07) is 1.69. The van der Waals surface area contributed by atoms with Crippen LogP contribution in [0.4, 0.5) is 0 Å². The molecule has 0 saturated carbocycles. The minimum Gasteiger partial charge on any atom is -0.340 e.